The van der Waals surface area contributed by atoms with Crippen molar-refractivity contribution in [1.82, 2.24) is 0 Å². The first kappa shape index (κ1) is 11.1. The van der Waals surface area contributed by atoms with Gasteiger partial charge in [-0.3, -0.25) is 0 Å². The second-order valence-corrected chi connectivity index (χ2v) is 4.13. The van der Waals surface area contributed by atoms with E-state index in [4.69, 9.17) is 11.6 Å². The molecule has 0 fully saturated rings. The van der Waals surface area contributed by atoms with Gasteiger partial charge in [0, 0.05) is 10.6 Å². The molecular formula is C12H13ClO. The minimum atomic E-state index is -0.964. The van der Waals surface area contributed by atoms with Gasteiger partial charge in [-0.05, 0) is 38.5 Å². The van der Waals surface area contributed by atoms with Crippen LogP contribution in [0.4, 0.5) is 0 Å². The fourth-order valence-corrected chi connectivity index (χ4v) is 1.14. The lowest BCUT2D eigenvalue weighted by Gasteiger charge is -2.06. The highest BCUT2D eigenvalue weighted by atomic mass is 35.5. The maximum absolute atomic E-state index is 9.43. The van der Waals surface area contributed by atoms with E-state index in [0.717, 1.165) is 11.1 Å². The van der Waals surface area contributed by atoms with E-state index in [9.17, 15) is 5.11 Å². The van der Waals surface area contributed by atoms with Gasteiger partial charge < -0.3 is 5.11 Å². The van der Waals surface area contributed by atoms with Crippen LogP contribution < -0.4 is 0 Å². The van der Waals surface area contributed by atoms with Crippen molar-refractivity contribution >= 4 is 11.6 Å². The third-order valence-electron chi connectivity index (χ3n) is 1.77. The van der Waals surface area contributed by atoms with Gasteiger partial charge in [0.15, 0.2) is 0 Å². The third kappa shape index (κ3) is 3.06. The molecule has 0 amide bonds. The van der Waals surface area contributed by atoms with Crippen LogP contribution in [0.1, 0.15) is 25.0 Å². The number of halogens is 1. The summed E-state index contributed by atoms with van der Waals surface area (Å²) in [6.07, 6.45) is 0. The number of hydrogen-bond donors (Lipinski definition) is 1. The highest BCUT2D eigenvalue weighted by Gasteiger charge is 2.06. The van der Waals surface area contributed by atoms with Crippen molar-refractivity contribution in [3.63, 3.8) is 0 Å². The molecule has 0 saturated heterocycles. The number of hydrogen-bond acceptors (Lipinski definition) is 1. The molecule has 0 aliphatic carbocycles. The first-order chi connectivity index (χ1) is 6.40. The van der Waals surface area contributed by atoms with Gasteiger partial charge in [-0.25, -0.2) is 0 Å². The Balaban J connectivity index is 3.08. The van der Waals surface area contributed by atoms with Gasteiger partial charge in [0.25, 0.3) is 0 Å². The predicted octanol–water partition coefficient (Wildman–Crippen LogP) is 2.77. The van der Waals surface area contributed by atoms with Gasteiger partial charge in [0.05, 0.1) is 0 Å². The van der Waals surface area contributed by atoms with E-state index in [1.54, 1.807) is 13.8 Å². The SMILES string of the molecule is Cc1c(Cl)cccc1C#CC(C)(C)O. The van der Waals surface area contributed by atoms with E-state index in [1.807, 2.05) is 25.1 Å². The molecule has 0 aliphatic heterocycles. The Kier molecular flexibility index (Phi) is 3.21. The molecule has 1 rings (SSSR count). The van der Waals surface area contributed by atoms with E-state index in [0.29, 0.717) is 5.02 Å². The Morgan fingerprint density at radius 3 is 2.57 bits per heavy atom. The van der Waals surface area contributed by atoms with Crippen LogP contribution in [0.2, 0.25) is 5.02 Å². The van der Waals surface area contributed by atoms with Crippen LogP contribution in [0, 0.1) is 18.8 Å². The van der Waals surface area contributed by atoms with Crippen LogP contribution in [0.15, 0.2) is 18.2 Å². The Hall–Kier alpha value is -0.970. The zero-order valence-electron chi connectivity index (χ0n) is 8.56. The minimum absolute atomic E-state index is 0.701. The molecule has 0 spiro atoms. The third-order valence-corrected chi connectivity index (χ3v) is 2.18. The van der Waals surface area contributed by atoms with E-state index >= 15 is 0 Å². The summed E-state index contributed by atoms with van der Waals surface area (Å²) in [4.78, 5) is 0. The average Bonchev–Trinajstić information content (AvgIpc) is 2.06. The summed E-state index contributed by atoms with van der Waals surface area (Å²) < 4.78 is 0. The van der Waals surface area contributed by atoms with Crippen LogP contribution in [-0.4, -0.2) is 10.7 Å². The van der Waals surface area contributed by atoms with E-state index in [2.05, 4.69) is 11.8 Å². The van der Waals surface area contributed by atoms with Gasteiger partial charge >= 0.3 is 0 Å². The Bertz CT molecular complexity index is 391. The van der Waals surface area contributed by atoms with Crippen molar-refractivity contribution in [1.29, 1.82) is 0 Å². The van der Waals surface area contributed by atoms with Crippen LogP contribution in [0.5, 0.6) is 0 Å². The summed E-state index contributed by atoms with van der Waals surface area (Å²) in [6.45, 7) is 5.22. The fourth-order valence-electron chi connectivity index (χ4n) is 0.963. The van der Waals surface area contributed by atoms with Crippen molar-refractivity contribution in [2.75, 3.05) is 0 Å². The zero-order valence-corrected chi connectivity index (χ0v) is 9.31. The maximum Gasteiger partial charge on any atom is 0.120 e. The van der Waals surface area contributed by atoms with Crippen LogP contribution in [0.3, 0.4) is 0 Å². The summed E-state index contributed by atoms with van der Waals surface area (Å²) in [6, 6.07) is 5.57. The van der Waals surface area contributed by atoms with Crippen LogP contribution in [0.25, 0.3) is 0 Å². The summed E-state index contributed by atoms with van der Waals surface area (Å²) >= 11 is 5.93. The first-order valence-corrected chi connectivity index (χ1v) is 4.78. The molecule has 1 nitrogen and oxygen atoms in total. The summed E-state index contributed by atoms with van der Waals surface area (Å²) in [5.74, 6) is 5.66. The smallest absolute Gasteiger partial charge is 0.120 e. The van der Waals surface area contributed by atoms with Gasteiger partial charge in [0.1, 0.15) is 5.60 Å². The lowest BCUT2D eigenvalue weighted by Crippen LogP contribution is -2.14. The fraction of sp³-hybridized carbons (Fsp3) is 0.333. The Morgan fingerprint density at radius 2 is 2.00 bits per heavy atom. The molecule has 0 radical (unpaired) electrons. The molecule has 0 saturated carbocycles. The van der Waals surface area contributed by atoms with Gasteiger partial charge in [-0.15, -0.1) is 0 Å². The molecule has 0 bridgehead atoms. The Morgan fingerprint density at radius 1 is 1.36 bits per heavy atom. The van der Waals surface area contributed by atoms with Gasteiger partial charge in [0.2, 0.25) is 0 Å². The van der Waals surface area contributed by atoms with Crippen LogP contribution >= 0.6 is 11.6 Å². The summed E-state index contributed by atoms with van der Waals surface area (Å²) in [7, 11) is 0. The van der Waals surface area contributed by atoms with Gasteiger partial charge in [-0.1, -0.05) is 29.5 Å². The topological polar surface area (TPSA) is 20.2 Å². The van der Waals surface area contributed by atoms with E-state index < -0.39 is 5.60 Å². The first-order valence-electron chi connectivity index (χ1n) is 4.41. The highest BCUT2D eigenvalue weighted by Crippen LogP contribution is 2.17. The molecule has 1 aromatic rings. The molecule has 0 aromatic heterocycles. The summed E-state index contributed by atoms with van der Waals surface area (Å²) in [5.41, 5.74) is 0.847. The van der Waals surface area contributed by atoms with Crippen molar-refractivity contribution in [3.05, 3.63) is 34.3 Å². The Labute approximate surface area is 89.7 Å². The van der Waals surface area contributed by atoms with Crippen molar-refractivity contribution < 1.29 is 5.11 Å². The molecule has 1 aromatic carbocycles. The van der Waals surface area contributed by atoms with E-state index in [1.165, 1.54) is 0 Å². The molecule has 0 atom stereocenters. The largest absolute Gasteiger partial charge is 0.378 e. The minimum Gasteiger partial charge on any atom is -0.378 e. The quantitative estimate of drug-likeness (QED) is 0.650. The maximum atomic E-state index is 9.43. The van der Waals surface area contributed by atoms with Crippen LogP contribution in [-0.2, 0) is 0 Å². The van der Waals surface area contributed by atoms with E-state index in [-0.39, 0.29) is 0 Å². The molecule has 0 heterocycles. The number of rotatable bonds is 0. The summed E-state index contributed by atoms with van der Waals surface area (Å²) in [5, 5.41) is 10.1. The lowest BCUT2D eigenvalue weighted by molar-refractivity contribution is 0.143. The molecule has 0 aliphatic rings. The molecule has 14 heavy (non-hydrogen) atoms. The van der Waals surface area contributed by atoms with Crippen molar-refractivity contribution in [2.45, 2.75) is 26.4 Å². The standard InChI is InChI=1S/C12H13ClO/c1-9-10(5-4-6-11(9)13)7-8-12(2,3)14/h4-6,14H,1-3H3. The van der Waals surface area contributed by atoms with Gasteiger partial charge in [-0.2, -0.15) is 0 Å². The molecule has 0 unspecified atom stereocenters. The van der Waals surface area contributed by atoms with Crippen molar-refractivity contribution in [2.24, 2.45) is 0 Å². The predicted molar refractivity (Wildman–Crippen MR) is 59.4 cm³/mol. The molecular weight excluding hydrogens is 196 g/mol. The molecule has 1 N–H and O–H groups in total. The molecule has 2 heteroatoms. The zero-order chi connectivity index (χ0) is 10.8. The second kappa shape index (κ2) is 4.04. The second-order valence-electron chi connectivity index (χ2n) is 3.72. The average molecular weight is 209 g/mol. The highest BCUT2D eigenvalue weighted by molar-refractivity contribution is 6.31. The normalized spacial score (nSPS) is 10.6. The monoisotopic (exact) mass is 208 g/mol. The van der Waals surface area contributed by atoms with Crippen molar-refractivity contribution in [3.8, 4) is 11.8 Å². The lowest BCUT2D eigenvalue weighted by atomic mass is 10.1. The number of aliphatic hydroxyl groups is 1. The number of benzene rings is 1. The molecule has 74 valence electrons.